The van der Waals surface area contributed by atoms with E-state index in [0.717, 1.165) is 47.8 Å². The zero-order valence-electron chi connectivity index (χ0n) is 13.8. The van der Waals surface area contributed by atoms with E-state index < -0.39 is 0 Å². The van der Waals surface area contributed by atoms with Gasteiger partial charge in [-0.3, -0.25) is 4.57 Å². The highest BCUT2D eigenvalue weighted by Gasteiger charge is 2.25. The zero-order valence-corrected chi connectivity index (χ0v) is 13.8. The first-order valence-electron chi connectivity index (χ1n) is 8.08. The van der Waals surface area contributed by atoms with Crippen LogP contribution in [0.4, 0.5) is 5.69 Å². The molecule has 122 valence electrons. The number of benzene rings is 1. The topological polar surface area (TPSA) is 84.0 Å². The van der Waals surface area contributed by atoms with E-state index in [9.17, 15) is 5.26 Å². The van der Waals surface area contributed by atoms with Crippen molar-refractivity contribution in [3.8, 4) is 11.9 Å². The summed E-state index contributed by atoms with van der Waals surface area (Å²) in [6.45, 7) is 5.69. The average Bonchev–Trinajstić information content (AvgIpc) is 3.26. The molecule has 0 amide bonds. The summed E-state index contributed by atoms with van der Waals surface area (Å²) < 4.78 is 7.75. The lowest BCUT2D eigenvalue weighted by atomic mass is 10.1. The molecule has 3 heterocycles. The van der Waals surface area contributed by atoms with E-state index in [1.807, 2.05) is 42.7 Å². The number of aryl methyl sites for hydroxylation is 2. The molecule has 0 radical (unpaired) electrons. The molecule has 0 spiro atoms. The molecule has 6 nitrogen and oxygen atoms in total. The van der Waals surface area contributed by atoms with Crippen molar-refractivity contribution >= 4 is 16.7 Å². The maximum Gasteiger partial charge on any atom is 0.192 e. The third-order valence-corrected chi connectivity index (χ3v) is 4.71. The molecule has 4 rings (SSSR count). The second-order valence-corrected chi connectivity index (χ2v) is 6.44. The van der Waals surface area contributed by atoms with Crippen LogP contribution in [-0.2, 0) is 0 Å². The number of nitriles is 1. The van der Waals surface area contributed by atoms with Gasteiger partial charge in [-0.25, -0.2) is 0 Å². The number of anilines is 1. The van der Waals surface area contributed by atoms with Crippen molar-refractivity contribution in [3.63, 3.8) is 0 Å². The second-order valence-electron chi connectivity index (χ2n) is 6.44. The van der Waals surface area contributed by atoms with Crippen molar-refractivity contribution in [3.05, 3.63) is 41.2 Å². The van der Waals surface area contributed by atoms with Gasteiger partial charge in [0.2, 0.25) is 0 Å². The summed E-state index contributed by atoms with van der Waals surface area (Å²) in [7, 11) is 0. The Bertz CT molecular complexity index is 942. The van der Waals surface area contributed by atoms with Gasteiger partial charge in [0.15, 0.2) is 11.4 Å². The van der Waals surface area contributed by atoms with Gasteiger partial charge >= 0.3 is 0 Å². The molecule has 1 fully saturated rings. The molecule has 0 bridgehead atoms. The Morgan fingerprint density at radius 3 is 2.67 bits per heavy atom. The third kappa shape index (κ3) is 2.17. The third-order valence-electron chi connectivity index (χ3n) is 4.71. The van der Waals surface area contributed by atoms with Crippen LogP contribution in [0.25, 0.3) is 16.8 Å². The zero-order chi connectivity index (χ0) is 16.8. The Balaban J connectivity index is 1.95. The van der Waals surface area contributed by atoms with Crippen LogP contribution in [-0.4, -0.2) is 28.9 Å². The molecule has 24 heavy (non-hydrogen) atoms. The average molecular weight is 321 g/mol. The number of aromatic nitrogens is 2. The van der Waals surface area contributed by atoms with Crippen LogP contribution in [0.5, 0.6) is 0 Å². The molecule has 1 aromatic carbocycles. The van der Waals surface area contributed by atoms with E-state index >= 15 is 0 Å². The van der Waals surface area contributed by atoms with Crippen LogP contribution in [0, 0.1) is 25.2 Å². The molecule has 1 saturated heterocycles. The lowest BCUT2D eigenvalue weighted by Crippen LogP contribution is -2.26. The smallest absolute Gasteiger partial charge is 0.192 e. The first-order valence-corrected chi connectivity index (χ1v) is 8.08. The monoisotopic (exact) mass is 321 g/mol. The summed E-state index contributed by atoms with van der Waals surface area (Å²) in [5.74, 6) is 0.729. The normalized spacial score (nSPS) is 17.6. The highest BCUT2D eigenvalue weighted by Crippen LogP contribution is 2.34. The van der Waals surface area contributed by atoms with Gasteiger partial charge in [0.1, 0.15) is 0 Å². The number of hydrogen-bond donors (Lipinski definition) is 1. The van der Waals surface area contributed by atoms with E-state index in [-0.39, 0.29) is 6.04 Å². The maximum absolute atomic E-state index is 9.43. The van der Waals surface area contributed by atoms with Gasteiger partial charge in [-0.1, -0.05) is 5.16 Å². The molecule has 0 unspecified atom stereocenters. The van der Waals surface area contributed by atoms with Crippen molar-refractivity contribution in [1.82, 2.24) is 9.72 Å². The van der Waals surface area contributed by atoms with Crippen LogP contribution >= 0.6 is 0 Å². The molecule has 0 aliphatic carbocycles. The molecule has 3 aromatic rings. The van der Waals surface area contributed by atoms with Gasteiger partial charge in [0, 0.05) is 30.5 Å². The summed E-state index contributed by atoms with van der Waals surface area (Å²) in [5, 5.41) is 14.6. The van der Waals surface area contributed by atoms with E-state index in [2.05, 4.69) is 16.1 Å². The fourth-order valence-corrected chi connectivity index (χ4v) is 3.48. The quantitative estimate of drug-likeness (QED) is 0.784. The molecule has 1 aliphatic heterocycles. The van der Waals surface area contributed by atoms with Crippen LogP contribution in [0.1, 0.15) is 23.4 Å². The molecule has 0 saturated carbocycles. The van der Waals surface area contributed by atoms with Gasteiger partial charge < -0.3 is 15.2 Å². The van der Waals surface area contributed by atoms with Gasteiger partial charge in [-0.2, -0.15) is 5.26 Å². The first kappa shape index (κ1) is 14.8. The van der Waals surface area contributed by atoms with Crippen molar-refractivity contribution in [2.45, 2.75) is 26.3 Å². The minimum atomic E-state index is 0.155. The van der Waals surface area contributed by atoms with Gasteiger partial charge in [0.25, 0.3) is 0 Å². The number of nitrogens with two attached hydrogens (primary N) is 1. The molecular formula is C18H19N5O. The van der Waals surface area contributed by atoms with Crippen molar-refractivity contribution < 1.29 is 4.52 Å². The Labute approximate surface area is 140 Å². The Morgan fingerprint density at radius 2 is 2.04 bits per heavy atom. The number of nitrogens with zero attached hydrogens (tertiary/aromatic N) is 4. The van der Waals surface area contributed by atoms with Crippen molar-refractivity contribution in [2.75, 3.05) is 18.0 Å². The van der Waals surface area contributed by atoms with E-state index in [0.29, 0.717) is 11.1 Å². The molecule has 1 atom stereocenters. The number of rotatable bonds is 2. The second kappa shape index (κ2) is 5.39. The molecular weight excluding hydrogens is 302 g/mol. The summed E-state index contributed by atoms with van der Waals surface area (Å²) >= 11 is 0. The molecule has 2 aromatic heterocycles. The summed E-state index contributed by atoms with van der Waals surface area (Å²) in [5.41, 5.74) is 10.4. The van der Waals surface area contributed by atoms with Gasteiger partial charge in [0.05, 0.1) is 22.7 Å². The highest BCUT2D eigenvalue weighted by molar-refractivity contribution is 5.95. The Hall–Kier alpha value is -2.78. The minimum absolute atomic E-state index is 0.155. The van der Waals surface area contributed by atoms with E-state index in [4.69, 9.17) is 10.3 Å². The Kier molecular flexibility index (Phi) is 3.32. The van der Waals surface area contributed by atoms with E-state index in [1.54, 1.807) is 0 Å². The van der Waals surface area contributed by atoms with Crippen LogP contribution in [0.15, 0.2) is 28.8 Å². The van der Waals surface area contributed by atoms with Gasteiger partial charge in [-0.15, -0.1) is 0 Å². The fraction of sp³-hybridized carbons (Fsp3) is 0.333. The fourth-order valence-electron chi connectivity index (χ4n) is 3.48. The SMILES string of the molecule is Cc1ccc(C)n1-c1noc2c(N3CC[C@@H](N)C3)cc(C#N)cc12. The molecule has 6 heteroatoms. The van der Waals surface area contributed by atoms with Gasteiger partial charge in [-0.05, 0) is 44.5 Å². The molecule has 2 N–H and O–H groups in total. The van der Waals surface area contributed by atoms with Crippen molar-refractivity contribution in [2.24, 2.45) is 5.73 Å². The number of hydrogen-bond acceptors (Lipinski definition) is 5. The van der Waals surface area contributed by atoms with Crippen LogP contribution in [0.3, 0.4) is 0 Å². The van der Waals surface area contributed by atoms with E-state index in [1.165, 1.54) is 0 Å². The van der Waals surface area contributed by atoms with Crippen LogP contribution in [0.2, 0.25) is 0 Å². The number of fused-ring (bicyclic) bond motifs is 1. The largest absolute Gasteiger partial charge is 0.367 e. The predicted octanol–water partition coefficient (Wildman–Crippen LogP) is 2.64. The Morgan fingerprint density at radius 1 is 1.29 bits per heavy atom. The van der Waals surface area contributed by atoms with Crippen molar-refractivity contribution in [1.29, 1.82) is 5.26 Å². The minimum Gasteiger partial charge on any atom is -0.367 e. The summed E-state index contributed by atoms with van der Waals surface area (Å²) in [6, 6.07) is 10.2. The lowest BCUT2D eigenvalue weighted by Gasteiger charge is -2.18. The maximum atomic E-state index is 9.43. The molecule has 1 aliphatic rings. The summed E-state index contributed by atoms with van der Waals surface area (Å²) in [6.07, 6.45) is 0.940. The standard InChI is InChI=1S/C18H19N5O/c1-11-3-4-12(2)23(11)18-15-7-13(9-19)8-16(17(15)24-21-18)22-6-5-14(20)10-22/h3-4,7-8,14H,5-6,10,20H2,1-2H3/t14-/m1/s1. The highest BCUT2D eigenvalue weighted by atomic mass is 16.5. The summed E-state index contributed by atoms with van der Waals surface area (Å²) in [4.78, 5) is 2.18. The first-order chi connectivity index (χ1) is 11.6. The lowest BCUT2D eigenvalue weighted by molar-refractivity contribution is 0.451. The van der Waals surface area contributed by atoms with Crippen LogP contribution < -0.4 is 10.6 Å². The predicted molar refractivity (Wildman–Crippen MR) is 92.3 cm³/mol.